The highest BCUT2D eigenvalue weighted by Crippen LogP contribution is 2.64. The second kappa shape index (κ2) is 11.0. The lowest BCUT2D eigenvalue weighted by Crippen LogP contribution is -2.32. The Balaban J connectivity index is 1.15. The predicted octanol–water partition coefficient (Wildman–Crippen LogP) is 12.9. The molecule has 0 amide bonds. The molecule has 0 saturated heterocycles. The van der Waals surface area contributed by atoms with Crippen LogP contribution in [0.4, 0.5) is 0 Å². The Morgan fingerprint density at radius 1 is 0.358 bits per heavy atom. The van der Waals surface area contributed by atoms with Gasteiger partial charge in [0.05, 0.1) is 16.8 Å². The Bertz CT molecular complexity index is 2670. The first-order valence-electron chi connectivity index (χ1n) is 18.5. The van der Waals surface area contributed by atoms with E-state index in [2.05, 4.69) is 190 Å². The smallest absolute Gasteiger partial charge is 0.132 e. The molecule has 1 aromatic heterocycles. The number of rotatable bonds is 3. The first-order chi connectivity index (χ1) is 26.0. The summed E-state index contributed by atoms with van der Waals surface area (Å²) in [7, 11) is 0. The van der Waals surface area contributed by atoms with Gasteiger partial charge in [0, 0.05) is 27.7 Å². The van der Waals surface area contributed by atoms with Crippen LogP contribution in [-0.2, 0) is 10.8 Å². The molecule has 0 unspecified atom stereocenters. The van der Waals surface area contributed by atoms with Crippen LogP contribution in [-0.4, -0.2) is 4.98 Å². The number of benzene rings is 7. The van der Waals surface area contributed by atoms with E-state index in [4.69, 9.17) is 9.72 Å². The Hall–Kier alpha value is -6.51. The number of ether oxygens (including phenoxy) is 1. The van der Waals surface area contributed by atoms with Crippen molar-refractivity contribution in [2.45, 2.75) is 24.7 Å². The maximum Gasteiger partial charge on any atom is 0.132 e. The lowest BCUT2D eigenvalue weighted by atomic mass is 9.65. The number of fused-ring (bicyclic) bond motifs is 12. The van der Waals surface area contributed by atoms with Crippen molar-refractivity contribution in [2.75, 3.05) is 0 Å². The molecule has 250 valence electrons. The van der Waals surface area contributed by atoms with Crippen LogP contribution in [0.5, 0.6) is 11.5 Å². The van der Waals surface area contributed by atoms with Gasteiger partial charge in [0.15, 0.2) is 0 Å². The van der Waals surface area contributed by atoms with Gasteiger partial charge in [-0.3, -0.25) is 0 Å². The average Bonchev–Trinajstić information content (AvgIpc) is 3.63. The molecule has 11 rings (SSSR count). The summed E-state index contributed by atoms with van der Waals surface area (Å²) in [5.41, 5.74) is 18.4. The highest BCUT2D eigenvalue weighted by atomic mass is 16.5. The van der Waals surface area contributed by atoms with Crippen molar-refractivity contribution in [3.05, 3.63) is 209 Å². The van der Waals surface area contributed by atoms with Gasteiger partial charge in [0.2, 0.25) is 0 Å². The molecule has 2 aliphatic carbocycles. The number of pyridine rings is 1. The van der Waals surface area contributed by atoms with E-state index in [0.717, 1.165) is 39.6 Å². The molecule has 8 aromatic rings. The highest BCUT2D eigenvalue weighted by Gasteiger charge is 2.52. The highest BCUT2D eigenvalue weighted by molar-refractivity contribution is 5.92. The summed E-state index contributed by atoms with van der Waals surface area (Å²) >= 11 is 0. The van der Waals surface area contributed by atoms with Gasteiger partial charge in [-0.2, -0.15) is 0 Å². The van der Waals surface area contributed by atoms with Crippen molar-refractivity contribution in [1.82, 2.24) is 4.98 Å². The molecule has 2 heteroatoms. The fraction of sp³-hybridized carbons (Fsp3) is 0.0784. The first-order valence-corrected chi connectivity index (χ1v) is 18.5. The van der Waals surface area contributed by atoms with Crippen LogP contribution in [0.3, 0.4) is 0 Å². The maximum atomic E-state index is 6.91. The second-order valence-electron chi connectivity index (χ2n) is 15.1. The van der Waals surface area contributed by atoms with E-state index >= 15 is 0 Å². The van der Waals surface area contributed by atoms with Gasteiger partial charge in [-0.15, -0.1) is 0 Å². The van der Waals surface area contributed by atoms with E-state index in [1.165, 1.54) is 61.2 Å². The molecule has 2 heterocycles. The minimum Gasteiger partial charge on any atom is -0.457 e. The van der Waals surface area contributed by atoms with Crippen molar-refractivity contribution in [3.63, 3.8) is 0 Å². The first kappa shape index (κ1) is 30.1. The zero-order valence-electron chi connectivity index (χ0n) is 29.6. The molecular weight excluding hydrogens is 643 g/mol. The molecule has 1 aliphatic heterocycles. The fourth-order valence-corrected chi connectivity index (χ4v) is 9.49. The van der Waals surface area contributed by atoms with Crippen LogP contribution < -0.4 is 4.74 Å². The fourth-order valence-electron chi connectivity index (χ4n) is 9.49. The van der Waals surface area contributed by atoms with Gasteiger partial charge in [0.1, 0.15) is 11.5 Å². The van der Waals surface area contributed by atoms with Gasteiger partial charge < -0.3 is 4.74 Å². The van der Waals surface area contributed by atoms with Crippen molar-refractivity contribution < 1.29 is 4.74 Å². The van der Waals surface area contributed by atoms with Gasteiger partial charge in [-0.25, -0.2) is 4.98 Å². The molecule has 2 nitrogen and oxygen atoms in total. The average molecular weight is 678 g/mol. The molecule has 0 N–H and O–H groups in total. The molecule has 0 atom stereocenters. The monoisotopic (exact) mass is 677 g/mol. The molecule has 0 radical (unpaired) electrons. The standard InChI is InChI=1S/C51H35NO/c1-50(2)40-26-25-34(47-29-35(32-15-5-3-6-16-32)28-46(52-47)33-17-7-4-8-18-33)27-38(40)39-30-45-49(31-44(39)50)53-48-24-14-13-23-43(48)51(45)41-21-11-9-19-36(41)37-20-10-12-22-42(37)51/h3-31H,1-2H3. The summed E-state index contributed by atoms with van der Waals surface area (Å²) in [5.74, 6) is 1.85. The Labute approximate surface area is 310 Å². The third-order valence-corrected chi connectivity index (χ3v) is 11.9. The minimum absolute atomic E-state index is 0.217. The zero-order valence-corrected chi connectivity index (χ0v) is 29.6. The Morgan fingerprint density at radius 3 is 1.62 bits per heavy atom. The summed E-state index contributed by atoms with van der Waals surface area (Å²) in [6.07, 6.45) is 0. The van der Waals surface area contributed by atoms with Crippen LogP contribution >= 0.6 is 0 Å². The van der Waals surface area contributed by atoms with Crippen LogP contribution in [0.2, 0.25) is 0 Å². The van der Waals surface area contributed by atoms with E-state index < -0.39 is 5.41 Å². The van der Waals surface area contributed by atoms with Crippen molar-refractivity contribution in [2.24, 2.45) is 0 Å². The van der Waals surface area contributed by atoms with Gasteiger partial charge in [-0.1, -0.05) is 153 Å². The SMILES string of the molecule is CC1(C)c2ccc(-c3cc(-c4ccccc4)cc(-c4ccccc4)n3)cc2-c2cc3c(cc21)Oc1ccccc1C31c2ccccc2-c2ccccc21. The molecule has 0 bridgehead atoms. The molecule has 3 aliphatic rings. The maximum absolute atomic E-state index is 6.91. The summed E-state index contributed by atoms with van der Waals surface area (Å²) in [4.78, 5) is 5.30. The number of hydrogen-bond donors (Lipinski definition) is 0. The third kappa shape index (κ3) is 4.18. The zero-order chi connectivity index (χ0) is 35.3. The van der Waals surface area contributed by atoms with Gasteiger partial charge >= 0.3 is 0 Å². The minimum atomic E-state index is -0.507. The molecule has 53 heavy (non-hydrogen) atoms. The molecule has 0 fully saturated rings. The predicted molar refractivity (Wildman–Crippen MR) is 215 cm³/mol. The number of hydrogen-bond acceptors (Lipinski definition) is 2. The summed E-state index contributed by atoms with van der Waals surface area (Å²) in [6.45, 7) is 4.69. The van der Waals surface area contributed by atoms with E-state index in [1.807, 2.05) is 0 Å². The van der Waals surface area contributed by atoms with Crippen molar-refractivity contribution >= 4 is 0 Å². The number of aromatic nitrogens is 1. The topological polar surface area (TPSA) is 22.1 Å². The second-order valence-corrected chi connectivity index (χ2v) is 15.1. The van der Waals surface area contributed by atoms with E-state index in [-0.39, 0.29) is 5.41 Å². The molecular formula is C51H35NO. The largest absolute Gasteiger partial charge is 0.457 e. The van der Waals surface area contributed by atoms with Crippen molar-refractivity contribution in [3.8, 4) is 67.4 Å². The van der Waals surface area contributed by atoms with Crippen LogP contribution in [0, 0.1) is 0 Å². The van der Waals surface area contributed by atoms with Crippen molar-refractivity contribution in [1.29, 1.82) is 0 Å². The normalized spacial score (nSPS) is 14.7. The lowest BCUT2D eigenvalue weighted by molar-refractivity contribution is 0.435. The summed E-state index contributed by atoms with van der Waals surface area (Å²) in [6, 6.07) is 63.8. The quantitative estimate of drug-likeness (QED) is 0.186. The Morgan fingerprint density at radius 2 is 0.925 bits per heavy atom. The van der Waals surface area contributed by atoms with E-state index in [0.29, 0.717) is 0 Å². The third-order valence-electron chi connectivity index (χ3n) is 11.9. The molecule has 0 saturated carbocycles. The van der Waals surface area contributed by atoms with Gasteiger partial charge in [-0.05, 0) is 92.0 Å². The number of nitrogens with zero attached hydrogens (tertiary/aromatic N) is 1. The Kier molecular flexibility index (Phi) is 6.25. The van der Waals surface area contributed by atoms with E-state index in [1.54, 1.807) is 0 Å². The summed E-state index contributed by atoms with van der Waals surface area (Å²) < 4.78 is 6.91. The van der Waals surface area contributed by atoms with Crippen LogP contribution in [0.15, 0.2) is 176 Å². The molecule has 7 aromatic carbocycles. The lowest BCUT2D eigenvalue weighted by Gasteiger charge is -2.40. The molecule has 1 spiro atoms. The van der Waals surface area contributed by atoms with Crippen LogP contribution in [0.25, 0.3) is 55.9 Å². The van der Waals surface area contributed by atoms with E-state index in [9.17, 15) is 0 Å². The van der Waals surface area contributed by atoms with Gasteiger partial charge in [0.25, 0.3) is 0 Å². The summed E-state index contributed by atoms with van der Waals surface area (Å²) in [5, 5.41) is 0. The van der Waals surface area contributed by atoms with Crippen LogP contribution in [0.1, 0.15) is 47.2 Å². The number of para-hydroxylation sites is 1.